The topological polar surface area (TPSA) is 84.9 Å². The molecule has 24 heavy (non-hydrogen) atoms. The molecule has 0 atom stereocenters. The van der Waals surface area contributed by atoms with Gasteiger partial charge in [-0.3, -0.25) is 9.59 Å². The molecule has 0 saturated heterocycles. The predicted molar refractivity (Wildman–Crippen MR) is 88.7 cm³/mol. The number of carbonyl (C=O) groups is 2. The summed E-state index contributed by atoms with van der Waals surface area (Å²) in [5, 5.41) is 11.9. The SMILES string of the molecule is COCCOc1cccc(CNC(=O)C2CCC(C(=O)O)CC2)c1. The van der Waals surface area contributed by atoms with Gasteiger partial charge in [-0.15, -0.1) is 0 Å². The Balaban J connectivity index is 1.77. The third kappa shape index (κ3) is 5.53. The lowest BCUT2D eigenvalue weighted by molar-refractivity contribution is -0.144. The number of hydrogen-bond donors (Lipinski definition) is 2. The second-order valence-electron chi connectivity index (χ2n) is 6.09. The second-order valence-corrected chi connectivity index (χ2v) is 6.09. The van der Waals surface area contributed by atoms with Crippen LogP contribution in [0.15, 0.2) is 24.3 Å². The third-order valence-electron chi connectivity index (χ3n) is 4.37. The molecule has 0 aromatic heterocycles. The number of rotatable bonds is 8. The molecular weight excluding hydrogens is 310 g/mol. The predicted octanol–water partition coefficient (Wildman–Crippen LogP) is 2.22. The van der Waals surface area contributed by atoms with Crippen molar-refractivity contribution in [2.75, 3.05) is 20.3 Å². The summed E-state index contributed by atoms with van der Waals surface area (Å²) in [4.78, 5) is 23.2. The lowest BCUT2D eigenvalue weighted by Crippen LogP contribution is -2.34. The Labute approximate surface area is 142 Å². The van der Waals surface area contributed by atoms with E-state index < -0.39 is 5.97 Å². The van der Waals surface area contributed by atoms with Crippen LogP contribution in [0.5, 0.6) is 5.75 Å². The molecule has 0 unspecified atom stereocenters. The van der Waals surface area contributed by atoms with Crippen LogP contribution in [0.3, 0.4) is 0 Å². The Morgan fingerprint density at radius 3 is 2.54 bits per heavy atom. The van der Waals surface area contributed by atoms with E-state index in [1.807, 2.05) is 24.3 Å². The summed E-state index contributed by atoms with van der Waals surface area (Å²) in [6.45, 7) is 1.46. The van der Waals surface area contributed by atoms with Crippen LogP contribution in [0.4, 0.5) is 0 Å². The summed E-state index contributed by atoms with van der Waals surface area (Å²) in [5.74, 6) is -0.374. The molecule has 132 valence electrons. The van der Waals surface area contributed by atoms with Gasteiger partial charge in [0.05, 0.1) is 12.5 Å². The monoisotopic (exact) mass is 335 g/mol. The molecule has 1 aliphatic carbocycles. The molecule has 2 rings (SSSR count). The minimum Gasteiger partial charge on any atom is -0.491 e. The van der Waals surface area contributed by atoms with Gasteiger partial charge in [0.2, 0.25) is 5.91 Å². The van der Waals surface area contributed by atoms with Gasteiger partial charge >= 0.3 is 5.97 Å². The number of carboxylic acids is 1. The van der Waals surface area contributed by atoms with Crippen LogP contribution in [0, 0.1) is 11.8 Å². The first-order valence-electron chi connectivity index (χ1n) is 8.31. The van der Waals surface area contributed by atoms with Crippen molar-refractivity contribution in [1.82, 2.24) is 5.32 Å². The summed E-state index contributed by atoms with van der Waals surface area (Å²) in [6, 6.07) is 7.60. The standard InChI is InChI=1S/C18H25NO5/c1-23-9-10-24-16-4-2-3-13(11-16)12-19-17(20)14-5-7-15(8-6-14)18(21)22/h2-4,11,14-15H,5-10,12H2,1H3,(H,19,20)(H,21,22). The Morgan fingerprint density at radius 1 is 1.17 bits per heavy atom. The highest BCUT2D eigenvalue weighted by molar-refractivity contribution is 5.79. The van der Waals surface area contributed by atoms with E-state index in [1.165, 1.54) is 0 Å². The highest BCUT2D eigenvalue weighted by atomic mass is 16.5. The molecule has 0 aliphatic heterocycles. The average molecular weight is 335 g/mol. The molecule has 6 nitrogen and oxygen atoms in total. The molecule has 0 radical (unpaired) electrons. The molecule has 1 fully saturated rings. The molecular formula is C18H25NO5. The number of ether oxygens (including phenoxy) is 2. The number of amides is 1. The minimum absolute atomic E-state index is 0.00421. The number of carbonyl (C=O) groups excluding carboxylic acids is 1. The van der Waals surface area contributed by atoms with Crippen molar-refractivity contribution in [1.29, 1.82) is 0 Å². The van der Waals surface area contributed by atoms with Gasteiger partial charge in [0.15, 0.2) is 0 Å². The lowest BCUT2D eigenvalue weighted by Gasteiger charge is -2.25. The molecule has 1 saturated carbocycles. The van der Waals surface area contributed by atoms with Gasteiger partial charge in [-0.1, -0.05) is 12.1 Å². The number of hydrogen-bond acceptors (Lipinski definition) is 4. The summed E-state index contributed by atoms with van der Waals surface area (Å²) in [5.41, 5.74) is 0.970. The first kappa shape index (κ1) is 18.3. The summed E-state index contributed by atoms with van der Waals surface area (Å²) < 4.78 is 10.5. The molecule has 0 bridgehead atoms. The van der Waals surface area contributed by atoms with E-state index in [2.05, 4.69) is 5.32 Å². The summed E-state index contributed by atoms with van der Waals surface area (Å²) >= 11 is 0. The van der Waals surface area contributed by atoms with Gasteiger partial charge in [-0.2, -0.15) is 0 Å². The van der Waals surface area contributed by atoms with E-state index in [9.17, 15) is 9.59 Å². The maximum atomic E-state index is 12.2. The van der Waals surface area contributed by atoms with Crippen molar-refractivity contribution in [3.05, 3.63) is 29.8 Å². The fourth-order valence-electron chi connectivity index (χ4n) is 2.92. The van der Waals surface area contributed by atoms with Gasteiger partial charge in [-0.25, -0.2) is 0 Å². The van der Waals surface area contributed by atoms with Crippen LogP contribution in [0.1, 0.15) is 31.2 Å². The quantitative estimate of drug-likeness (QED) is 0.712. The number of carboxylic acid groups (broad SMARTS) is 1. The van der Waals surface area contributed by atoms with Crippen molar-refractivity contribution in [2.24, 2.45) is 11.8 Å². The van der Waals surface area contributed by atoms with E-state index in [-0.39, 0.29) is 17.7 Å². The van der Waals surface area contributed by atoms with Gasteiger partial charge in [0.25, 0.3) is 0 Å². The van der Waals surface area contributed by atoms with E-state index in [0.717, 1.165) is 11.3 Å². The van der Waals surface area contributed by atoms with Gasteiger partial charge in [0.1, 0.15) is 12.4 Å². The molecule has 1 aromatic carbocycles. The van der Waals surface area contributed by atoms with Gasteiger partial charge < -0.3 is 19.9 Å². The van der Waals surface area contributed by atoms with Gasteiger partial charge in [0, 0.05) is 19.6 Å². The van der Waals surface area contributed by atoms with E-state index in [1.54, 1.807) is 7.11 Å². The minimum atomic E-state index is -0.751. The molecule has 1 aromatic rings. The lowest BCUT2D eigenvalue weighted by atomic mass is 9.81. The van der Waals surface area contributed by atoms with Gasteiger partial charge in [-0.05, 0) is 43.4 Å². The van der Waals surface area contributed by atoms with Crippen LogP contribution in [0.2, 0.25) is 0 Å². The normalized spacial score (nSPS) is 20.4. The number of nitrogens with one attached hydrogen (secondary N) is 1. The maximum Gasteiger partial charge on any atom is 0.306 e. The van der Waals surface area contributed by atoms with E-state index >= 15 is 0 Å². The summed E-state index contributed by atoms with van der Waals surface area (Å²) in [6.07, 6.45) is 2.44. The molecule has 2 N–H and O–H groups in total. The average Bonchev–Trinajstić information content (AvgIpc) is 2.60. The van der Waals surface area contributed by atoms with Crippen LogP contribution < -0.4 is 10.1 Å². The van der Waals surface area contributed by atoms with Crippen LogP contribution in [-0.4, -0.2) is 37.3 Å². The highest BCUT2D eigenvalue weighted by Crippen LogP contribution is 2.29. The van der Waals surface area contributed by atoms with Crippen molar-refractivity contribution in [3.8, 4) is 5.75 Å². The molecule has 0 spiro atoms. The largest absolute Gasteiger partial charge is 0.491 e. The number of aliphatic carboxylic acids is 1. The van der Waals surface area contributed by atoms with Crippen molar-refractivity contribution in [2.45, 2.75) is 32.2 Å². The summed E-state index contributed by atoms with van der Waals surface area (Å²) in [7, 11) is 1.62. The second kappa shape index (κ2) is 9.27. The van der Waals surface area contributed by atoms with E-state index in [0.29, 0.717) is 45.4 Å². The van der Waals surface area contributed by atoms with Crippen LogP contribution >= 0.6 is 0 Å². The highest BCUT2D eigenvalue weighted by Gasteiger charge is 2.29. The smallest absolute Gasteiger partial charge is 0.306 e. The van der Waals surface area contributed by atoms with Crippen LogP contribution in [0.25, 0.3) is 0 Å². The molecule has 0 heterocycles. The molecule has 1 aliphatic rings. The fraction of sp³-hybridized carbons (Fsp3) is 0.556. The first-order chi connectivity index (χ1) is 11.6. The molecule has 6 heteroatoms. The zero-order chi connectivity index (χ0) is 17.4. The Morgan fingerprint density at radius 2 is 1.88 bits per heavy atom. The fourth-order valence-corrected chi connectivity index (χ4v) is 2.92. The number of methoxy groups -OCH3 is 1. The van der Waals surface area contributed by atoms with Crippen molar-refractivity contribution < 1.29 is 24.2 Å². The zero-order valence-electron chi connectivity index (χ0n) is 14.0. The van der Waals surface area contributed by atoms with Crippen molar-refractivity contribution >= 4 is 11.9 Å². The Kier molecular flexibility index (Phi) is 7.06. The van der Waals surface area contributed by atoms with Crippen LogP contribution in [-0.2, 0) is 20.9 Å². The van der Waals surface area contributed by atoms with Crippen molar-refractivity contribution in [3.63, 3.8) is 0 Å². The van der Waals surface area contributed by atoms with E-state index in [4.69, 9.17) is 14.6 Å². The third-order valence-corrected chi connectivity index (χ3v) is 4.37. The maximum absolute atomic E-state index is 12.2. The first-order valence-corrected chi connectivity index (χ1v) is 8.31. The molecule has 1 amide bonds. The zero-order valence-corrected chi connectivity index (χ0v) is 14.0. The Hall–Kier alpha value is -2.08. The Bertz CT molecular complexity index is 552. The number of benzene rings is 1.